The Balaban J connectivity index is 2.49. The number of rotatable bonds is 8. The van der Waals surface area contributed by atoms with E-state index in [9.17, 15) is 50.8 Å². The third-order valence-corrected chi connectivity index (χ3v) is 5.62. The van der Waals surface area contributed by atoms with Crippen LogP contribution >= 0.6 is 0 Å². The summed E-state index contributed by atoms with van der Waals surface area (Å²) in [5.41, 5.74) is -3.00. The van der Waals surface area contributed by atoms with Crippen molar-refractivity contribution in [3.05, 3.63) is 63.5 Å². The van der Waals surface area contributed by atoms with Crippen molar-refractivity contribution >= 4 is 49.5 Å². The standard InChI is InChI=1S/C17H14N4O11S2/c1-9(23)16(17(24)18-14-7-12(33(27,28)29)4-2-10(14)8-22)20-19-13-5-3-11(21(25)26)6-15(13)34(30,31)32/h2-8,23H,1H3,(H,18,24)(H,27,28,29)(H,30,31,32)/p-2. The van der Waals surface area contributed by atoms with E-state index in [1.165, 1.54) is 0 Å². The van der Waals surface area contributed by atoms with Crippen LogP contribution in [-0.2, 0) is 25.0 Å². The molecule has 0 heterocycles. The first-order valence-corrected chi connectivity index (χ1v) is 11.4. The number of azo groups is 1. The largest absolute Gasteiger partial charge is 0.744 e. The summed E-state index contributed by atoms with van der Waals surface area (Å²) < 4.78 is 67.9. The van der Waals surface area contributed by atoms with Gasteiger partial charge in [-0.3, -0.25) is 19.7 Å². The van der Waals surface area contributed by atoms with Gasteiger partial charge in [-0.05, 0) is 31.2 Å². The maximum atomic E-state index is 12.5. The zero-order valence-corrected chi connectivity index (χ0v) is 18.4. The number of nitrogens with zero attached hydrogens (tertiary/aromatic N) is 3. The predicted octanol–water partition coefficient (Wildman–Crippen LogP) is 1.73. The van der Waals surface area contributed by atoms with Gasteiger partial charge in [-0.2, -0.15) is 0 Å². The topological polar surface area (TPSA) is 249 Å². The fourth-order valence-electron chi connectivity index (χ4n) is 2.37. The Kier molecular flexibility index (Phi) is 7.57. The number of hydrogen-bond acceptors (Lipinski definition) is 13. The third kappa shape index (κ3) is 6.25. The van der Waals surface area contributed by atoms with Crippen molar-refractivity contribution in [1.29, 1.82) is 0 Å². The lowest BCUT2D eigenvalue weighted by molar-refractivity contribution is -0.385. The lowest BCUT2D eigenvalue weighted by Crippen LogP contribution is -2.16. The summed E-state index contributed by atoms with van der Waals surface area (Å²) in [4.78, 5) is 31.7. The van der Waals surface area contributed by atoms with Crippen LogP contribution in [0.3, 0.4) is 0 Å². The predicted molar refractivity (Wildman–Crippen MR) is 109 cm³/mol. The molecule has 0 aliphatic carbocycles. The first-order valence-electron chi connectivity index (χ1n) is 8.57. The van der Waals surface area contributed by atoms with Crippen LogP contribution in [0.5, 0.6) is 0 Å². The maximum absolute atomic E-state index is 12.5. The van der Waals surface area contributed by atoms with Gasteiger partial charge < -0.3 is 19.5 Å². The number of hydrogen-bond donors (Lipinski definition) is 2. The number of nitro groups is 1. The summed E-state index contributed by atoms with van der Waals surface area (Å²) in [5.74, 6) is -2.06. The molecule has 0 aromatic heterocycles. The average Bonchev–Trinajstić information content (AvgIpc) is 2.72. The Morgan fingerprint density at radius 2 is 1.74 bits per heavy atom. The van der Waals surface area contributed by atoms with Crippen molar-refractivity contribution in [2.75, 3.05) is 5.32 Å². The number of carbonyl (C=O) groups excluding carboxylic acids is 2. The summed E-state index contributed by atoms with van der Waals surface area (Å²) >= 11 is 0. The minimum Gasteiger partial charge on any atom is -0.744 e. The molecule has 0 radical (unpaired) electrons. The molecule has 180 valence electrons. The second-order valence-electron chi connectivity index (χ2n) is 6.27. The summed E-state index contributed by atoms with van der Waals surface area (Å²) in [7, 11) is -10.2. The van der Waals surface area contributed by atoms with Crippen molar-refractivity contribution in [2.24, 2.45) is 10.2 Å². The van der Waals surface area contributed by atoms with Gasteiger partial charge in [-0.15, -0.1) is 10.2 Å². The van der Waals surface area contributed by atoms with Crippen LogP contribution in [-0.4, -0.2) is 48.2 Å². The van der Waals surface area contributed by atoms with Gasteiger partial charge in [0.1, 0.15) is 31.7 Å². The second-order valence-corrected chi connectivity index (χ2v) is 9.00. The zero-order chi connectivity index (χ0) is 25.8. The van der Waals surface area contributed by atoms with Crippen LogP contribution in [0.2, 0.25) is 0 Å². The molecule has 17 heteroatoms. The van der Waals surface area contributed by atoms with Crippen LogP contribution in [0.4, 0.5) is 17.1 Å². The number of aldehydes is 1. The molecule has 0 atom stereocenters. The van der Waals surface area contributed by atoms with Gasteiger partial charge in [0.25, 0.3) is 11.6 Å². The van der Waals surface area contributed by atoms with E-state index in [4.69, 9.17) is 0 Å². The highest BCUT2D eigenvalue weighted by molar-refractivity contribution is 7.86. The lowest BCUT2D eigenvalue weighted by atomic mass is 10.2. The monoisotopic (exact) mass is 512 g/mol. The van der Waals surface area contributed by atoms with Crippen molar-refractivity contribution in [3.8, 4) is 0 Å². The Morgan fingerprint density at radius 1 is 1.09 bits per heavy atom. The molecule has 0 spiro atoms. The van der Waals surface area contributed by atoms with Gasteiger partial charge in [-0.25, -0.2) is 16.8 Å². The minimum absolute atomic E-state index is 0.232. The summed E-state index contributed by atoms with van der Waals surface area (Å²) in [6, 6.07) is 4.45. The summed E-state index contributed by atoms with van der Waals surface area (Å²) in [5, 5.41) is 29.4. The van der Waals surface area contributed by atoms with Crippen LogP contribution < -0.4 is 5.32 Å². The van der Waals surface area contributed by atoms with Gasteiger partial charge >= 0.3 is 0 Å². The Morgan fingerprint density at radius 3 is 2.24 bits per heavy atom. The Bertz CT molecular complexity index is 1460. The van der Waals surface area contributed by atoms with Gasteiger partial charge in [-0.1, -0.05) is 0 Å². The van der Waals surface area contributed by atoms with Gasteiger partial charge in [0.2, 0.25) is 0 Å². The highest BCUT2D eigenvalue weighted by atomic mass is 32.2. The lowest BCUT2D eigenvalue weighted by Gasteiger charge is -2.12. The molecule has 0 saturated heterocycles. The van der Waals surface area contributed by atoms with Crippen molar-refractivity contribution in [3.63, 3.8) is 0 Å². The number of allylic oxidation sites excluding steroid dienone is 1. The quantitative estimate of drug-likeness (QED) is 0.0979. The van der Waals surface area contributed by atoms with Crippen molar-refractivity contribution in [2.45, 2.75) is 16.7 Å². The van der Waals surface area contributed by atoms with Gasteiger partial charge in [0.05, 0.1) is 20.4 Å². The second kappa shape index (κ2) is 9.83. The molecule has 0 aliphatic heterocycles. The molecule has 2 N–H and O–H groups in total. The van der Waals surface area contributed by atoms with Crippen LogP contribution in [0.1, 0.15) is 17.3 Å². The minimum atomic E-state index is -5.27. The molecule has 2 aromatic rings. The molecule has 0 fully saturated rings. The van der Waals surface area contributed by atoms with E-state index in [0.717, 1.165) is 31.2 Å². The molecular weight excluding hydrogens is 500 g/mol. The maximum Gasteiger partial charge on any atom is 0.279 e. The zero-order valence-electron chi connectivity index (χ0n) is 16.7. The van der Waals surface area contributed by atoms with Gasteiger partial charge in [0, 0.05) is 17.7 Å². The molecule has 0 aliphatic rings. The number of aliphatic hydroxyl groups is 1. The van der Waals surface area contributed by atoms with Gasteiger partial charge in [0.15, 0.2) is 12.0 Å². The molecule has 2 aromatic carbocycles. The SMILES string of the molecule is CC(O)=C(N=Nc1ccc([N+](=O)[O-])cc1S(=O)(=O)[O-])C(=O)Nc1cc(S(=O)(=O)[O-])ccc1C=O. The van der Waals surface area contributed by atoms with Crippen molar-refractivity contribution in [1.82, 2.24) is 0 Å². The fourth-order valence-corrected chi connectivity index (χ4v) is 3.50. The van der Waals surface area contributed by atoms with Crippen molar-refractivity contribution < 1.29 is 45.6 Å². The number of carbonyl (C=O) groups is 2. The molecule has 34 heavy (non-hydrogen) atoms. The molecule has 0 unspecified atom stereocenters. The van der Waals surface area contributed by atoms with E-state index in [1.807, 2.05) is 5.32 Å². The Labute approximate surface area is 191 Å². The van der Waals surface area contributed by atoms with E-state index >= 15 is 0 Å². The van der Waals surface area contributed by atoms with E-state index in [-0.39, 0.29) is 11.8 Å². The number of aliphatic hydroxyl groups excluding tert-OH is 1. The molecular formula is C17H12N4O11S2-2. The first-order chi connectivity index (χ1) is 15.6. The van der Waals surface area contributed by atoms with E-state index in [1.54, 1.807) is 0 Å². The number of nitro benzene ring substituents is 1. The number of amides is 1. The molecule has 0 bridgehead atoms. The molecule has 2 rings (SSSR count). The van der Waals surface area contributed by atoms with E-state index < -0.39 is 69.4 Å². The number of anilines is 1. The Hall–Kier alpha value is -4.06. The smallest absolute Gasteiger partial charge is 0.279 e. The fraction of sp³-hybridized carbons (Fsp3) is 0.0588. The van der Waals surface area contributed by atoms with E-state index in [2.05, 4.69) is 10.2 Å². The van der Waals surface area contributed by atoms with E-state index in [0.29, 0.717) is 12.1 Å². The number of non-ortho nitro benzene ring substituents is 1. The van der Waals surface area contributed by atoms with Crippen LogP contribution in [0.25, 0.3) is 0 Å². The highest BCUT2D eigenvalue weighted by Gasteiger charge is 2.19. The highest BCUT2D eigenvalue weighted by Crippen LogP contribution is 2.29. The molecule has 15 nitrogen and oxygen atoms in total. The number of benzene rings is 2. The summed E-state index contributed by atoms with van der Waals surface area (Å²) in [6.45, 7) is 0.966. The first kappa shape index (κ1) is 26.2. The normalized spacial score (nSPS) is 12.8. The average molecular weight is 512 g/mol. The van der Waals surface area contributed by atoms with Crippen LogP contribution in [0.15, 0.2) is 67.9 Å². The third-order valence-electron chi connectivity index (χ3n) is 3.93. The van der Waals surface area contributed by atoms with Crippen LogP contribution in [0, 0.1) is 10.1 Å². The summed E-state index contributed by atoms with van der Waals surface area (Å²) in [6.07, 6.45) is 0.232. The molecule has 0 saturated carbocycles. The number of nitrogens with one attached hydrogen (secondary N) is 1. The molecule has 1 amide bonds.